The van der Waals surface area contributed by atoms with Gasteiger partial charge in [-0.25, -0.2) is 0 Å². The third-order valence-electron chi connectivity index (χ3n) is 4.02. The van der Waals surface area contributed by atoms with Gasteiger partial charge in [-0.2, -0.15) is 0 Å². The fraction of sp³-hybridized carbons (Fsp3) is 1.00. The maximum Gasteiger partial charge on any atom is 0.0606 e. The summed E-state index contributed by atoms with van der Waals surface area (Å²) in [5, 5.41) is 4.60. The second-order valence-corrected chi connectivity index (χ2v) is 8.86. The van der Waals surface area contributed by atoms with E-state index in [0.717, 1.165) is 0 Å². The van der Waals surface area contributed by atoms with Gasteiger partial charge in [0.15, 0.2) is 0 Å². The van der Waals surface area contributed by atoms with Crippen LogP contribution in [-0.2, 0) is 0 Å². The van der Waals surface area contributed by atoms with Gasteiger partial charge in [0.05, 0.1) is 8.80 Å². The molecule has 0 spiro atoms. The minimum absolute atomic E-state index is 0.492. The molecule has 0 amide bonds. The van der Waals surface area contributed by atoms with Gasteiger partial charge in [-0.1, -0.05) is 52.1 Å². The first-order valence-corrected chi connectivity index (χ1v) is 9.25. The first kappa shape index (κ1) is 13.2. The summed E-state index contributed by atoms with van der Waals surface area (Å²) in [6.07, 6.45) is 8.51. The average molecular weight is 227 g/mol. The normalized spacial score (nSPS) is 31.0. The Labute approximate surface area is 97.6 Å². The zero-order valence-corrected chi connectivity index (χ0v) is 12.1. The first-order valence-electron chi connectivity index (χ1n) is 7.04. The molecule has 0 aliphatic carbocycles. The minimum Gasteiger partial charge on any atom is -0.314 e. The standard InChI is InChI=1S/C13H29NSi/c1-4-8-13(14-10-5-2)9-7-12-15(13)11-6-3/h14-15H,4-12H2,1-3H3. The van der Waals surface area contributed by atoms with Crippen molar-refractivity contribution in [1.82, 2.24) is 5.32 Å². The van der Waals surface area contributed by atoms with E-state index >= 15 is 0 Å². The fourth-order valence-electron chi connectivity index (χ4n) is 3.38. The summed E-state index contributed by atoms with van der Waals surface area (Å²) in [6.45, 7) is 8.25. The molecular formula is C13H29NSi. The van der Waals surface area contributed by atoms with Gasteiger partial charge in [0.25, 0.3) is 0 Å². The number of hydrogen-bond donors (Lipinski definition) is 1. The van der Waals surface area contributed by atoms with E-state index in [1.807, 2.05) is 0 Å². The first-order chi connectivity index (χ1) is 7.29. The molecule has 1 rings (SSSR count). The molecule has 0 radical (unpaired) electrons. The van der Waals surface area contributed by atoms with Crippen molar-refractivity contribution in [3.8, 4) is 0 Å². The van der Waals surface area contributed by atoms with Crippen LogP contribution >= 0.6 is 0 Å². The Bertz CT molecular complexity index is 172. The molecule has 1 fully saturated rings. The van der Waals surface area contributed by atoms with Crippen molar-refractivity contribution < 1.29 is 0 Å². The quantitative estimate of drug-likeness (QED) is 0.657. The summed E-state index contributed by atoms with van der Waals surface area (Å²) >= 11 is 0. The predicted molar refractivity (Wildman–Crippen MR) is 72.2 cm³/mol. The van der Waals surface area contributed by atoms with Crippen LogP contribution in [0.15, 0.2) is 0 Å². The van der Waals surface area contributed by atoms with Crippen LogP contribution < -0.4 is 5.32 Å². The van der Waals surface area contributed by atoms with Crippen molar-refractivity contribution in [2.75, 3.05) is 6.54 Å². The second kappa shape index (κ2) is 6.69. The van der Waals surface area contributed by atoms with Gasteiger partial charge in [0.2, 0.25) is 0 Å². The maximum atomic E-state index is 3.94. The van der Waals surface area contributed by atoms with Crippen molar-refractivity contribution in [2.45, 2.75) is 76.5 Å². The Hall–Kier alpha value is 0.177. The topological polar surface area (TPSA) is 12.0 Å². The van der Waals surface area contributed by atoms with E-state index in [2.05, 4.69) is 26.1 Å². The van der Waals surface area contributed by atoms with E-state index in [1.165, 1.54) is 45.1 Å². The van der Waals surface area contributed by atoms with Crippen LogP contribution in [0, 0.1) is 0 Å². The molecule has 2 heteroatoms. The monoisotopic (exact) mass is 227 g/mol. The van der Waals surface area contributed by atoms with Crippen LogP contribution in [-0.4, -0.2) is 20.5 Å². The van der Waals surface area contributed by atoms with E-state index in [-0.39, 0.29) is 0 Å². The van der Waals surface area contributed by atoms with Gasteiger partial charge in [-0.3, -0.25) is 0 Å². The molecule has 1 saturated heterocycles. The van der Waals surface area contributed by atoms with E-state index in [0.29, 0.717) is 5.16 Å². The van der Waals surface area contributed by atoms with Gasteiger partial charge in [-0.05, 0) is 25.8 Å². The predicted octanol–water partition coefficient (Wildman–Crippen LogP) is 3.50. The van der Waals surface area contributed by atoms with Gasteiger partial charge >= 0.3 is 0 Å². The molecule has 0 aromatic heterocycles. The third kappa shape index (κ3) is 3.32. The molecule has 0 aromatic rings. The molecule has 1 aliphatic rings. The van der Waals surface area contributed by atoms with Crippen molar-refractivity contribution in [1.29, 1.82) is 0 Å². The number of hydrogen-bond acceptors (Lipinski definition) is 1. The van der Waals surface area contributed by atoms with Crippen molar-refractivity contribution in [3.63, 3.8) is 0 Å². The van der Waals surface area contributed by atoms with Crippen LogP contribution in [0.25, 0.3) is 0 Å². The molecular weight excluding hydrogens is 198 g/mol. The fourth-order valence-corrected chi connectivity index (χ4v) is 7.91. The number of rotatable bonds is 7. The Balaban J connectivity index is 2.59. The highest BCUT2D eigenvalue weighted by Gasteiger charge is 2.41. The van der Waals surface area contributed by atoms with Gasteiger partial charge in [0, 0.05) is 5.16 Å². The lowest BCUT2D eigenvalue weighted by atomic mass is 10.1. The molecule has 1 nitrogen and oxygen atoms in total. The largest absolute Gasteiger partial charge is 0.314 e. The summed E-state index contributed by atoms with van der Waals surface area (Å²) in [5.41, 5.74) is 0. The Morgan fingerprint density at radius 2 is 1.93 bits per heavy atom. The lowest BCUT2D eigenvalue weighted by Gasteiger charge is -2.36. The molecule has 0 bridgehead atoms. The molecule has 1 N–H and O–H groups in total. The van der Waals surface area contributed by atoms with E-state index < -0.39 is 8.80 Å². The summed E-state index contributed by atoms with van der Waals surface area (Å²) in [7, 11) is -0.492. The minimum atomic E-state index is -0.492. The van der Waals surface area contributed by atoms with Crippen LogP contribution in [0.1, 0.15) is 59.3 Å². The molecule has 2 atom stereocenters. The molecule has 2 unspecified atom stereocenters. The SMILES string of the molecule is CCCNC1(CCC)CCC[SiH]1CCC. The molecule has 0 aromatic carbocycles. The molecule has 0 saturated carbocycles. The molecule has 15 heavy (non-hydrogen) atoms. The Morgan fingerprint density at radius 1 is 1.13 bits per heavy atom. The maximum absolute atomic E-state index is 3.94. The smallest absolute Gasteiger partial charge is 0.0606 e. The average Bonchev–Trinajstić information content (AvgIpc) is 2.61. The Kier molecular flexibility index (Phi) is 5.91. The summed E-state index contributed by atoms with van der Waals surface area (Å²) in [6, 6.07) is 3.17. The van der Waals surface area contributed by atoms with Crippen LogP contribution in [0.2, 0.25) is 12.1 Å². The Morgan fingerprint density at radius 3 is 2.53 bits per heavy atom. The van der Waals surface area contributed by atoms with Gasteiger partial charge in [-0.15, -0.1) is 0 Å². The molecule has 1 aliphatic heterocycles. The van der Waals surface area contributed by atoms with E-state index in [4.69, 9.17) is 0 Å². The van der Waals surface area contributed by atoms with E-state index in [9.17, 15) is 0 Å². The summed E-state index contributed by atoms with van der Waals surface area (Å²) in [5.74, 6) is 0. The highest BCUT2D eigenvalue weighted by Crippen LogP contribution is 2.36. The van der Waals surface area contributed by atoms with Crippen LogP contribution in [0.5, 0.6) is 0 Å². The zero-order valence-electron chi connectivity index (χ0n) is 10.9. The third-order valence-corrected chi connectivity index (χ3v) is 8.74. The zero-order chi connectivity index (χ0) is 11.1. The second-order valence-electron chi connectivity index (χ2n) is 5.21. The van der Waals surface area contributed by atoms with Crippen molar-refractivity contribution in [3.05, 3.63) is 0 Å². The number of nitrogens with one attached hydrogen (secondary N) is 1. The molecule has 1 heterocycles. The highest BCUT2D eigenvalue weighted by atomic mass is 28.3. The van der Waals surface area contributed by atoms with Crippen molar-refractivity contribution >= 4 is 8.80 Å². The van der Waals surface area contributed by atoms with Gasteiger partial charge in [0.1, 0.15) is 0 Å². The lowest BCUT2D eigenvalue weighted by molar-refractivity contribution is 0.400. The van der Waals surface area contributed by atoms with Crippen LogP contribution in [0.4, 0.5) is 0 Å². The summed E-state index contributed by atoms with van der Waals surface area (Å²) < 4.78 is 0. The lowest BCUT2D eigenvalue weighted by Crippen LogP contribution is -2.53. The van der Waals surface area contributed by atoms with Crippen molar-refractivity contribution in [2.24, 2.45) is 0 Å². The summed E-state index contributed by atoms with van der Waals surface area (Å²) in [4.78, 5) is 0. The molecule has 90 valence electrons. The van der Waals surface area contributed by atoms with Crippen LogP contribution in [0.3, 0.4) is 0 Å². The van der Waals surface area contributed by atoms with E-state index in [1.54, 1.807) is 12.1 Å². The highest BCUT2D eigenvalue weighted by molar-refractivity contribution is 6.63. The van der Waals surface area contributed by atoms with Gasteiger partial charge < -0.3 is 5.32 Å².